The number of fused-ring (bicyclic) bond motifs is 5. The van der Waals surface area contributed by atoms with E-state index < -0.39 is 22.7 Å². The van der Waals surface area contributed by atoms with Crippen LogP contribution < -0.4 is 0 Å². The van der Waals surface area contributed by atoms with Crippen molar-refractivity contribution in [3.8, 4) is 0 Å². The van der Waals surface area contributed by atoms with E-state index >= 15 is 0 Å². The molecule has 2 aliphatic heterocycles. The number of allylic oxidation sites excluding steroid dienone is 3. The molecule has 0 bridgehead atoms. The first-order valence-corrected chi connectivity index (χ1v) is 12.4. The molecule has 5 aliphatic rings. The zero-order valence-electron chi connectivity index (χ0n) is 21.0. The fourth-order valence-corrected chi connectivity index (χ4v) is 8.54. The zero-order valence-corrected chi connectivity index (χ0v) is 21.0. The third-order valence-electron chi connectivity index (χ3n) is 10.4. The molecule has 3 aliphatic carbocycles. The third-order valence-corrected chi connectivity index (χ3v) is 10.4. The van der Waals surface area contributed by atoms with Crippen LogP contribution >= 0.6 is 0 Å². The molecule has 2 heterocycles. The number of esters is 2. The lowest BCUT2D eigenvalue weighted by atomic mass is 9.47. The van der Waals surface area contributed by atoms with Gasteiger partial charge in [-0.2, -0.15) is 0 Å². The molecule has 186 valence electrons. The summed E-state index contributed by atoms with van der Waals surface area (Å²) in [4.78, 5) is 37.5. The number of carbonyl (C=O) groups is 3. The molecule has 7 heteroatoms. The Morgan fingerprint density at radius 1 is 1.21 bits per heavy atom. The van der Waals surface area contributed by atoms with E-state index in [2.05, 4.69) is 26.8 Å². The second kappa shape index (κ2) is 7.19. The number of carbonyl (C=O) groups excluding carboxylic acids is 3. The molecule has 0 spiro atoms. The number of cyclic esters (lactones) is 1. The molecule has 2 saturated heterocycles. The van der Waals surface area contributed by atoms with Gasteiger partial charge >= 0.3 is 11.9 Å². The Labute approximate surface area is 200 Å². The van der Waals surface area contributed by atoms with Crippen LogP contribution in [0.4, 0.5) is 0 Å². The molecule has 0 amide bonds. The highest BCUT2D eigenvalue weighted by Crippen LogP contribution is 2.72. The molecule has 0 aromatic carbocycles. The Kier molecular flexibility index (Phi) is 4.98. The average Bonchev–Trinajstić information content (AvgIpc) is 3.34. The fraction of sp³-hybridized carbons (Fsp3) is 0.741. The van der Waals surface area contributed by atoms with Gasteiger partial charge in [-0.25, -0.2) is 0 Å². The highest BCUT2D eigenvalue weighted by molar-refractivity contribution is 5.97. The van der Waals surface area contributed by atoms with E-state index in [9.17, 15) is 19.5 Å². The highest BCUT2D eigenvalue weighted by Gasteiger charge is 2.71. The monoisotopic (exact) mass is 472 g/mol. The van der Waals surface area contributed by atoms with Gasteiger partial charge in [-0.3, -0.25) is 14.4 Å². The predicted octanol–water partition coefficient (Wildman–Crippen LogP) is 3.70. The number of aliphatic hydroxyl groups excluding tert-OH is 1. The van der Waals surface area contributed by atoms with Crippen LogP contribution in [0.25, 0.3) is 0 Å². The lowest BCUT2D eigenvalue weighted by Crippen LogP contribution is -2.54. The van der Waals surface area contributed by atoms with Crippen molar-refractivity contribution >= 4 is 17.7 Å². The van der Waals surface area contributed by atoms with Gasteiger partial charge in [0.1, 0.15) is 11.4 Å². The van der Waals surface area contributed by atoms with Gasteiger partial charge in [0.25, 0.3) is 0 Å². The van der Waals surface area contributed by atoms with Crippen molar-refractivity contribution in [3.63, 3.8) is 0 Å². The summed E-state index contributed by atoms with van der Waals surface area (Å²) in [5.41, 5.74) is -0.906. The second-order valence-corrected chi connectivity index (χ2v) is 12.1. The van der Waals surface area contributed by atoms with Crippen molar-refractivity contribution in [2.45, 2.75) is 78.6 Å². The number of ether oxygens (including phenoxy) is 3. The van der Waals surface area contributed by atoms with Gasteiger partial charge in [0.2, 0.25) is 6.29 Å². The molecule has 8 atom stereocenters. The van der Waals surface area contributed by atoms with E-state index in [0.29, 0.717) is 5.76 Å². The smallest absolute Gasteiger partial charge is 0.308 e. The molecular weight excluding hydrogens is 436 g/mol. The summed E-state index contributed by atoms with van der Waals surface area (Å²) in [6.07, 6.45) is 5.71. The van der Waals surface area contributed by atoms with Crippen LogP contribution in [0.15, 0.2) is 23.5 Å². The lowest BCUT2D eigenvalue weighted by molar-refractivity contribution is -0.158. The summed E-state index contributed by atoms with van der Waals surface area (Å²) in [6.45, 7) is 10.3. The second-order valence-electron chi connectivity index (χ2n) is 12.1. The molecule has 0 aromatic rings. The summed E-state index contributed by atoms with van der Waals surface area (Å²) in [5.74, 6) is -0.345. The molecule has 1 saturated carbocycles. The summed E-state index contributed by atoms with van der Waals surface area (Å²) in [5, 5.41) is 10.4. The number of methoxy groups -OCH3 is 1. The van der Waals surface area contributed by atoms with E-state index in [1.54, 1.807) is 6.08 Å². The van der Waals surface area contributed by atoms with E-state index in [-0.39, 0.29) is 59.7 Å². The van der Waals surface area contributed by atoms with Gasteiger partial charge in [-0.05, 0) is 49.0 Å². The van der Waals surface area contributed by atoms with Crippen molar-refractivity contribution in [1.82, 2.24) is 0 Å². The van der Waals surface area contributed by atoms with Crippen molar-refractivity contribution in [2.75, 3.05) is 7.11 Å². The van der Waals surface area contributed by atoms with E-state index in [1.165, 1.54) is 12.7 Å². The van der Waals surface area contributed by atoms with Crippen LogP contribution in [-0.4, -0.2) is 41.8 Å². The summed E-state index contributed by atoms with van der Waals surface area (Å²) in [7, 11) is 1.38. The first kappa shape index (κ1) is 23.6. The van der Waals surface area contributed by atoms with Crippen molar-refractivity contribution in [3.05, 3.63) is 23.5 Å². The molecule has 34 heavy (non-hydrogen) atoms. The number of rotatable bonds is 3. The lowest BCUT2D eigenvalue weighted by Gasteiger charge is -2.53. The summed E-state index contributed by atoms with van der Waals surface area (Å²) < 4.78 is 16.9. The molecule has 0 radical (unpaired) electrons. The topological polar surface area (TPSA) is 99.1 Å². The van der Waals surface area contributed by atoms with Gasteiger partial charge in [-0.1, -0.05) is 33.8 Å². The minimum atomic E-state index is -1.07. The first-order valence-electron chi connectivity index (χ1n) is 12.4. The Morgan fingerprint density at radius 3 is 2.53 bits per heavy atom. The molecule has 1 N–H and O–H groups in total. The van der Waals surface area contributed by atoms with Gasteiger partial charge in [0, 0.05) is 28.7 Å². The van der Waals surface area contributed by atoms with Crippen LogP contribution in [0.5, 0.6) is 0 Å². The quantitative estimate of drug-likeness (QED) is 0.494. The highest BCUT2D eigenvalue weighted by atomic mass is 16.6. The van der Waals surface area contributed by atoms with Gasteiger partial charge in [-0.15, -0.1) is 0 Å². The maximum absolute atomic E-state index is 13.2. The van der Waals surface area contributed by atoms with Crippen LogP contribution in [0.3, 0.4) is 0 Å². The SMILES string of the molecule is COC(=O)C[C@H]1C(C)(C)C(=O)C=C2O[C@@]3(C)C4=CC[C@@H]([C@@H]5CC(=O)O[C@H]5O)[C@]4(C)CC[C@@H]3[C@@]21C. The van der Waals surface area contributed by atoms with Crippen molar-refractivity contribution in [1.29, 1.82) is 0 Å². The molecule has 0 unspecified atom stereocenters. The zero-order chi connectivity index (χ0) is 24.8. The van der Waals surface area contributed by atoms with Gasteiger partial charge in [0.05, 0.1) is 20.0 Å². The fourth-order valence-electron chi connectivity index (χ4n) is 8.54. The average molecular weight is 473 g/mol. The number of aliphatic hydroxyl groups is 1. The molecular formula is C27H36O7. The first-order chi connectivity index (χ1) is 15.8. The van der Waals surface area contributed by atoms with E-state index in [0.717, 1.165) is 19.3 Å². The number of hydrogen-bond acceptors (Lipinski definition) is 7. The Balaban J connectivity index is 1.55. The normalized spacial score (nSPS) is 46.5. The molecule has 0 aromatic heterocycles. The summed E-state index contributed by atoms with van der Waals surface area (Å²) in [6, 6.07) is 0. The Bertz CT molecular complexity index is 1020. The molecule has 7 nitrogen and oxygen atoms in total. The van der Waals surface area contributed by atoms with Crippen LogP contribution in [0.2, 0.25) is 0 Å². The van der Waals surface area contributed by atoms with Crippen LogP contribution in [0.1, 0.15) is 66.7 Å². The van der Waals surface area contributed by atoms with Crippen molar-refractivity contribution < 1.29 is 33.7 Å². The summed E-state index contributed by atoms with van der Waals surface area (Å²) >= 11 is 0. The van der Waals surface area contributed by atoms with Crippen LogP contribution in [0, 0.1) is 39.9 Å². The maximum atomic E-state index is 13.2. The number of hydrogen-bond donors (Lipinski definition) is 1. The maximum Gasteiger partial charge on any atom is 0.308 e. The third kappa shape index (κ3) is 2.82. The molecule has 3 fully saturated rings. The standard InChI is InChI=1S/C27H36O7/c1-24(2)18(12-21(29)32-6)26(4)17-9-10-25(3)15(14-11-22(30)33-23(14)31)7-8-16(25)27(17,5)34-20(26)13-19(24)28/h8,13-15,17-18,23,31H,7,9-12H2,1-6H3/t14-,15-,17+,18-,23+,25-,26+,27-/m0/s1. The predicted molar refractivity (Wildman–Crippen MR) is 122 cm³/mol. The van der Waals surface area contributed by atoms with E-state index in [1.807, 2.05) is 13.8 Å². The van der Waals surface area contributed by atoms with Crippen LogP contribution in [-0.2, 0) is 28.6 Å². The minimum Gasteiger partial charge on any atom is -0.486 e. The molecule has 5 rings (SSSR count). The largest absolute Gasteiger partial charge is 0.486 e. The number of ketones is 1. The van der Waals surface area contributed by atoms with Crippen molar-refractivity contribution in [2.24, 2.45) is 39.9 Å². The van der Waals surface area contributed by atoms with Gasteiger partial charge < -0.3 is 19.3 Å². The Morgan fingerprint density at radius 2 is 1.91 bits per heavy atom. The Hall–Kier alpha value is -2.15. The van der Waals surface area contributed by atoms with E-state index in [4.69, 9.17) is 14.2 Å². The minimum absolute atomic E-state index is 0.0260. The van der Waals surface area contributed by atoms with Gasteiger partial charge in [0.15, 0.2) is 5.78 Å².